The van der Waals surface area contributed by atoms with Crippen LogP contribution in [0.3, 0.4) is 0 Å². The molecule has 1 aromatic rings. The predicted octanol–water partition coefficient (Wildman–Crippen LogP) is 5.20. The lowest BCUT2D eigenvalue weighted by molar-refractivity contribution is 0.290. The lowest BCUT2D eigenvalue weighted by Crippen LogP contribution is -2.30. The first-order chi connectivity index (χ1) is 10.7. The van der Waals surface area contributed by atoms with Crippen molar-refractivity contribution in [2.24, 2.45) is 10.8 Å². The topological polar surface area (TPSA) is 34.1 Å². The van der Waals surface area contributed by atoms with Crippen molar-refractivity contribution in [1.29, 1.82) is 0 Å². The molecule has 2 nitrogen and oxygen atoms in total. The van der Waals surface area contributed by atoms with Crippen molar-refractivity contribution in [2.75, 3.05) is 0 Å². The maximum Gasteiger partial charge on any atom is 0.203 e. The minimum Gasteiger partial charge on any atom is -0.219 e. The molecule has 1 atom stereocenters. The van der Waals surface area contributed by atoms with Gasteiger partial charge in [-0.25, -0.2) is 8.42 Å². The number of benzene rings is 1. The van der Waals surface area contributed by atoms with Crippen molar-refractivity contribution in [1.82, 2.24) is 0 Å². The fraction of sp³-hybridized carbons (Fsp3) is 0.500. The molecule has 0 aromatic heterocycles. The third-order valence-corrected chi connectivity index (χ3v) is 7.37. The molecule has 0 saturated heterocycles. The quantitative estimate of drug-likeness (QED) is 0.699. The number of hydrogen-bond donors (Lipinski definition) is 0. The van der Waals surface area contributed by atoms with Crippen LogP contribution in [0.25, 0.3) is 0 Å². The molecule has 3 heteroatoms. The zero-order chi connectivity index (χ0) is 16.9. The van der Waals surface area contributed by atoms with Crippen LogP contribution in [0.15, 0.2) is 51.8 Å². The van der Waals surface area contributed by atoms with Crippen molar-refractivity contribution in [3.63, 3.8) is 0 Å². The molecular weight excluding hydrogens is 304 g/mol. The van der Waals surface area contributed by atoms with Crippen molar-refractivity contribution in [3.8, 4) is 0 Å². The highest BCUT2D eigenvalue weighted by atomic mass is 32.2. The molecule has 0 amide bonds. The fourth-order valence-electron chi connectivity index (χ4n) is 4.25. The molecule has 0 heterocycles. The largest absolute Gasteiger partial charge is 0.219 e. The molecule has 0 bridgehead atoms. The van der Waals surface area contributed by atoms with Crippen LogP contribution in [0.1, 0.15) is 52.0 Å². The average molecular weight is 330 g/mol. The molecule has 0 N–H and O–H groups in total. The Morgan fingerprint density at radius 1 is 1.04 bits per heavy atom. The van der Waals surface area contributed by atoms with Gasteiger partial charge in [0.2, 0.25) is 9.84 Å². The van der Waals surface area contributed by atoms with Crippen LogP contribution in [0, 0.1) is 17.8 Å². The van der Waals surface area contributed by atoms with Crippen LogP contribution in [-0.2, 0) is 9.84 Å². The SMILES string of the molecule is CC1=CCCC[C@@]12CC(C)(C)C=C2S(=O)(=O)c1ccc(C)cc1. The summed E-state index contributed by atoms with van der Waals surface area (Å²) in [6.45, 7) is 8.38. The van der Waals surface area contributed by atoms with E-state index in [1.165, 1.54) is 5.57 Å². The van der Waals surface area contributed by atoms with Gasteiger partial charge in [-0.2, -0.15) is 0 Å². The average Bonchev–Trinajstić information content (AvgIpc) is 2.76. The summed E-state index contributed by atoms with van der Waals surface area (Å²) in [6, 6.07) is 7.24. The van der Waals surface area contributed by atoms with Gasteiger partial charge in [0.15, 0.2) is 0 Å². The molecule has 0 fully saturated rings. The summed E-state index contributed by atoms with van der Waals surface area (Å²) >= 11 is 0. The van der Waals surface area contributed by atoms with Crippen molar-refractivity contribution < 1.29 is 8.42 Å². The van der Waals surface area contributed by atoms with Gasteiger partial charge in [-0.15, -0.1) is 0 Å². The van der Waals surface area contributed by atoms with Crippen LogP contribution >= 0.6 is 0 Å². The number of rotatable bonds is 2. The minimum atomic E-state index is -3.45. The third kappa shape index (κ3) is 2.69. The Labute approximate surface area is 140 Å². The van der Waals surface area contributed by atoms with E-state index in [2.05, 4.69) is 26.8 Å². The first-order valence-corrected chi connectivity index (χ1v) is 9.88. The normalized spacial score (nSPS) is 27.0. The zero-order valence-corrected chi connectivity index (χ0v) is 15.3. The Hall–Kier alpha value is -1.35. The monoisotopic (exact) mass is 330 g/mol. The van der Waals surface area contributed by atoms with E-state index in [-0.39, 0.29) is 10.8 Å². The third-order valence-electron chi connectivity index (χ3n) is 5.38. The van der Waals surface area contributed by atoms with Gasteiger partial charge in [0.25, 0.3) is 0 Å². The Kier molecular flexibility index (Phi) is 3.83. The molecule has 3 rings (SSSR count). The Bertz CT molecular complexity index is 779. The number of hydrogen-bond acceptors (Lipinski definition) is 2. The maximum absolute atomic E-state index is 13.4. The van der Waals surface area contributed by atoms with E-state index in [1.807, 2.05) is 25.1 Å². The van der Waals surface area contributed by atoms with Gasteiger partial charge in [-0.3, -0.25) is 0 Å². The standard InChI is InChI=1S/C20H26O2S/c1-15-8-10-17(11-9-15)23(21,22)18-13-19(3,4)14-20(18)12-6-5-7-16(20)2/h7-11,13H,5-6,12,14H2,1-4H3/t20-/m1/s1. The summed E-state index contributed by atoms with van der Waals surface area (Å²) in [5.41, 5.74) is 1.93. The molecular formula is C20H26O2S. The molecule has 23 heavy (non-hydrogen) atoms. The van der Waals surface area contributed by atoms with Crippen LogP contribution < -0.4 is 0 Å². The van der Waals surface area contributed by atoms with E-state index in [1.54, 1.807) is 12.1 Å². The molecule has 0 unspecified atom stereocenters. The Morgan fingerprint density at radius 3 is 2.30 bits per heavy atom. The van der Waals surface area contributed by atoms with Crippen molar-refractivity contribution in [3.05, 3.63) is 52.5 Å². The molecule has 0 radical (unpaired) electrons. The minimum absolute atomic E-state index is 0.0838. The van der Waals surface area contributed by atoms with Gasteiger partial charge >= 0.3 is 0 Å². The first kappa shape index (κ1) is 16.5. The maximum atomic E-state index is 13.4. The summed E-state index contributed by atoms with van der Waals surface area (Å²) in [5, 5.41) is 0. The second-order valence-corrected chi connectivity index (χ2v) is 9.77. The van der Waals surface area contributed by atoms with E-state index in [0.29, 0.717) is 9.80 Å². The summed E-state index contributed by atoms with van der Waals surface area (Å²) in [7, 11) is -3.45. The van der Waals surface area contributed by atoms with E-state index in [0.717, 1.165) is 31.2 Å². The van der Waals surface area contributed by atoms with Crippen molar-refractivity contribution in [2.45, 2.75) is 58.3 Å². The summed E-state index contributed by atoms with van der Waals surface area (Å²) < 4.78 is 26.7. The molecule has 2 aliphatic rings. The van der Waals surface area contributed by atoms with Crippen LogP contribution in [0.2, 0.25) is 0 Å². The molecule has 1 spiro atoms. The molecule has 0 aliphatic heterocycles. The zero-order valence-electron chi connectivity index (χ0n) is 14.5. The number of sulfone groups is 1. The second kappa shape index (κ2) is 5.34. The van der Waals surface area contributed by atoms with Gasteiger partial charge in [-0.1, -0.05) is 49.3 Å². The fourth-order valence-corrected chi connectivity index (χ4v) is 6.32. The number of aryl methyl sites for hydroxylation is 1. The van der Waals surface area contributed by atoms with E-state index in [4.69, 9.17) is 0 Å². The lowest BCUT2D eigenvalue weighted by atomic mass is 9.69. The summed E-state index contributed by atoms with van der Waals surface area (Å²) in [4.78, 5) is 1.05. The van der Waals surface area contributed by atoms with Crippen LogP contribution in [0.5, 0.6) is 0 Å². The summed E-state index contributed by atoms with van der Waals surface area (Å²) in [5.74, 6) is 0. The predicted molar refractivity (Wildman–Crippen MR) is 94.9 cm³/mol. The van der Waals surface area contributed by atoms with Gasteiger partial charge in [0.1, 0.15) is 0 Å². The molecule has 0 saturated carbocycles. The highest BCUT2D eigenvalue weighted by Crippen LogP contribution is 2.59. The van der Waals surface area contributed by atoms with Crippen LogP contribution in [-0.4, -0.2) is 8.42 Å². The van der Waals surface area contributed by atoms with Gasteiger partial charge in [-0.05, 0) is 57.1 Å². The van der Waals surface area contributed by atoms with E-state index in [9.17, 15) is 8.42 Å². The lowest BCUT2D eigenvalue weighted by Gasteiger charge is -2.38. The Morgan fingerprint density at radius 2 is 1.70 bits per heavy atom. The van der Waals surface area contributed by atoms with Crippen LogP contribution in [0.4, 0.5) is 0 Å². The molecule has 2 aliphatic carbocycles. The van der Waals surface area contributed by atoms with Gasteiger partial charge < -0.3 is 0 Å². The van der Waals surface area contributed by atoms with Gasteiger partial charge in [0, 0.05) is 5.41 Å². The molecule has 124 valence electrons. The second-order valence-electron chi connectivity index (χ2n) is 7.85. The highest BCUT2D eigenvalue weighted by molar-refractivity contribution is 7.95. The first-order valence-electron chi connectivity index (χ1n) is 8.40. The highest BCUT2D eigenvalue weighted by Gasteiger charge is 2.51. The summed E-state index contributed by atoms with van der Waals surface area (Å²) in [6.07, 6.45) is 8.22. The Balaban J connectivity index is 2.17. The van der Waals surface area contributed by atoms with Gasteiger partial charge in [0.05, 0.1) is 9.80 Å². The van der Waals surface area contributed by atoms with E-state index < -0.39 is 9.84 Å². The number of allylic oxidation sites excluding steroid dienone is 4. The van der Waals surface area contributed by atoms with E-state index >= 15 is 0 Å². The smallest absolute Gasteiger partial charge is 0.203 e. The molecule has 1 aromatic carbocycles. The van der Waals surface area contributed by atoms with Crippen molar-refractivity contribution >= 4 is 9.84 Å².